The van der Waals surface area contributed by atoms with E-state index in [1.165, 1.54) is 5.56 Å². The lowest BCUT2D eigenvalue weighted by Crippen LogP contribution is -1.96. The van der Waals surface area contributed by atoms with Crippen molar-refractivity contribution in [3.8, 4) is 5.75 Å². The largest absolute Gasteiger partial charge is 0.507 e. The predicted octanol–water partition coefficient (Wildman–Crippen LogP) is 4.75. The van der Waals surface area contributed by atoms with Crippen LogP contribution in [0.1, 0.15) is 36.0 Å². The number of phenolic OH excluding ortho intramolecular Hbond substituents is 1. The summed E-state index contributed by atoms with van der Waals surface area (Å²) in [7, 11) is 0. The molecular weight excluding hydrogens is 232 g/mol. The van der Waals surface area contributed by atoms with Crippen LogP contribution in [0.25, 0.3) is 0 Å². The summed E-state index contributed by atoms with van der Waals surface area (Å²) in [5, 5.41) is 10.3. The van der Waals surface area contributed by atoms with E-state index in [0.717, 1.165) is 49.7 Å². The molecule has 0 aromatic heterocycles. The van der Waals surface area contributed by atoms with E-state index in [9.17, 15) is 5.11 Å². The molecule has 1 N–H and O–H groups in total. The van der Waals surface area contributed by atoms with E-state index in [2.05, 4.69) is 31.9 Å². The SMILES string of the molecule is C=CCCc1cc(CCC=C)c(O)c(CCC=C)c1. The van der Waals surface area contributed by atoms with E-state index in [-0.39, 0.29) is 0 Å². The molecule has 0 atom stereocenters. The molecule has 1 nitrogen and oxygen atoms in total. The number of allylic oxidation sites excluding steroid dienone is 3. The van der Waals surface area contributed by atoms with Crippen molar-refractivity contribution in [3.63, 3.8) is 0 Å². The third-order valence-electron chi connectivity index (χ3n) is 3.20. The minimum absolute atomic E-state index is 0.450. The van der Waals surface area contributed by atoms with E-state index in [1.807, 2.05) is 18.2 Å². The second kappa shape index (κ2) is 8.36. The monoisotopic (exact) mass is 256 g/mol. The normalized spacial score (nSPS) is 10.1. The highest BCUT2D eigenvalue weighted by Crippen LogP contribution is 2.28. The van der Waals surface area contributed by atoms with E-state index in [4.69, 9.17) is 0 Å². The van der Waals surface area contributed by atoms with Crippen LogP contribution < -0.4 is 0 Å². The van der Waals surface area contributed by atoms with Crippen molar-refractivity contribution >= 4 is 0 Å². The zero-order valence-electron chi connectivity index (χ0n) is 11.7. The van der Waals surface area contributed by atoms with Crippen molar-refractivity contribution in [2.45, 2.75) is 38.5 Å². The molecule has 19 heavy (non-hydrogen) atoms. The fraction of sp³-hybridized carbons (Fsp3) is 0.333. The van der Waals surface area contributed by atoms with Crippen molar-refractivity contribution in [1.29, 1.82) is 0 Å². The predicted molar refractivity (Wildman–Crippen MR) is 83.7 cm³/mol. The van der Waals surface area contributed by atoms with Gasteiger partial charge in [-0.3, -0.25) is 0 Å². The van der Waals surface area contributed by atoms with Gasteiger partial charge in [-0.15, -0.1) is 19.7 Å². The second-order valence-electron chi connectivity index (χ2n) is 4.74. The van der Waals surface area contributed by atoms with Crippen LogP contribution >= 0.6 is 0 Å². The number of benzene rings is 1. The van der Waals surface area contributed by atoms with Gasteiger partial charge in [0.2, 0.25) is 0 Å². The van der Waals surface area contributed by atoms with Crippen molar-refractivity contribution in [2.75, 3.05) is 0 Å². The maximum absolute atomic E-state index is 10.3. The van der Waals surface area contributed by atoms with Crippen LogP contribution in [0.4, 0.5) is 0 Å². The van der Waals surface area contributed by atoms with E-state index < -0.39 is 0 Å². The topological polar surface area (TPSA) is 20.2 Å². The summed E-state index contributed by atoms with van der Waals surface area (Å²) in [4.78, 5) is 0. The van der Waals surface area contributed by atoms with Gasteiger partial charge in [-0.25, -0.2) is 0 Å². The Hall–Kier alpha value is -1.76. The summed E-state index contributed by atoms with van der Waals surface area (Å²) < 4.78 is 0. The smallest absolute Gasteiger partial charge is 0.121 e. The molecule has 1 aromatic rings. The molecule has 0 heterocycles. The Labute approximate surface area is 117 Å². The number of rotatable bonds is 9. The van der Waals surface area contributed by atoms with Crippen molar-refractivity contribution in [1.82, 2.24) is 0 Å². The first-order valence-electron chi connectivity index (χ1n) is 6.89. The first-order valence-corrected chi connectivity index (χ1v) is 6.89. The molecule has 1 heteroatoms. The van der Waals surface area contributed by atoms with Crippen LogP contribution in [0.2, 0.25) is 0 Å². The number of aromatic hydroxyl groups is 1. The van der Waals surface area contributed by atoms with Gasteiger partial charge in [0.25, 0.3) is 0 Å². The Balaban J connectivity index is 3.01. The lowest BCUT2D eigenvalue weighted by molar-refractivity contribution is 0.460. The molecule has 102 valence electrons. The Bertz CT molecular complexity index is 410. The highest BCUT2D eigenvalue weighted by Gasteiger charge is 2.09. The summed E-state index contributed by atoms with van der Waals surface area (Å²) in [6, 6.07) is 4.22. The third kappa shape index (κ3) is 4.78. The fourth-order valence-corrected chi connectivity index (χ4v) is 2.14. The molecule has 1 aromatic carbocycles. The van der Waals surface area contributed by atoms with Gasteiger partial charge in [0.15, 0.2) is 0 Å². The number of hydrogen-bond acceptors (Lipinski definition) is 1. The molecule has 0 radical (unpaired) electrons. The molecule has 0 saturated heterocycles. The third-order valence-corrected chi connectivity index (χ3v) is 3.20. The van der Waals surface area contributed by atoms with Gasteiger partial charge in [-0.1, -0.05) is 30.4 Å². The first kappa shape index (κ1) is 15.3. The Morgan fingerprint density at radius 2 is 1.21 bits per heavy atom. The van der Waals surface area contributed by atoms with Gasteiger partial charge in [0.1, 0.15) is 5.75 Å². The molecule has 1 rings (SSSR count). The summed E-state index contributed by atoms with van der Waals surface area (Å²) in [5.41, 5.74) is 3.33. The van der Waals surface area contributed by atoms with Crippen molar-refractivity contribution in [3.05, 3.63) is 66.8 Å². The highest BCUT2D eigenvalue weighted by atomic mass is 16.3. The van der Waals surface area contributed by atoms with Gasteiger partial charge < -0.3 is 5.11 Å². The minimum atomic E-state index is 0.450. The van der Waals surface area contributed by atoms with Crippen molar-refractivity contribution in [2.24, 2.45) is 0 Å². The van der Waals surface area contributed by atoms with Gasteiger partial charge in [0.05, 0.1) is 0 Å². The lowest BCUT2D eigenvalue weighted by Gasteiger charge is -2.12. The summed E-state index contributed by atoms with van der Waals surface area (Å²) in [6.45, 7) is 11.2. The number of hydrogen-bond donors (Lipinski definition) is 1. The zero-order chi connectivity index (χ0) is 14.1. The number of phenols is 1. The quantitative estimate of drug-likeness (QED) is 0.632. The molecule has 0 saturated carbocycles. The van der Waals surface area contributed by atoms with Crippen LogP contribution in [0.15, 0.2) is 50.1 Å². The van der Waals surface area contributed by atoms with Crippen LogP contribution in [0, 0.1) is 0 Å². The summed E-state index contributed by atoms with van der Waals surface area (Å²) >= 11 is 0. The maximum atomic E-state index is 10.3. The lowest BCUT2D eigenvalue weighted by atomic mass is 9.96. The van der Waals surface area contributed by atoms with E-state index in [1.54, 1.807) is 0 Å². The van der Waals surface area contributed by atoms with Gasteiger partial charge >= 0.3 is 0 Å². The molecule has 0 fully saturated rings. The molecule has 0 bridgehead atoms. The van der Waals surface area contributed by atoms with Crippen LogP contribution in [-0.4, -0.2) is 5.11 Å². The average Bonchev–Trinajstić information content (AvgIpc) is 2.43. The molecular formula is C18H24O. The van der Waals surface area contributed by atoms with Crippen LogP contribution in [-0.2, 0) is 19.3 Å². The molecule has 0 aliphatic carbocycles. The van der Waals surface area contributed by atoms with E-state index in [0.29, 0.717) is 5.75 Å². The molecule has 0 spiro atoms. The van der Waals surface area contributed by atoms with E-state index >= 15 is 0 Å². The molecule has 0 amide bonds. The zero-order valence-corrected chi connectivity index (χ0v) is 11.7. The average molecular weight is 256 g/mol. The Morgan fingerprint density at radius 1 is 0.789 bits per heavy atom. The molecule has 0 unspecified atom stereocenters. The second-order valence-corrected chi connectivity index (χ2v) is 4.74. The van der Waals surface area contributed by atoms with Gasteiger partial charge in [-0.05, 0) is 55.2 Å². The van der Waals surface area contributed by atoms with Gasteiger partial charge in [-0.2, -0.15) is 0 Å². The highest BCUT2D eigenvalue weighted by molar-refractivity contribution is 5.44. The number of aryl methyl sites for hydroxylation is 3. The van der Waals surface area contributed by atoms with Gasteiger partial charge in [0, 0.05) is 0 Å². The minimum Gasteiger partial charge on any atom is -0.507 e. The Kier molecular flexibility index (Phi) is 6.73. The van der Waals surface area contributed by atoms with Crippen molar-refractivity contribution < 1.29 is 5.11 Å². The maximum Gasteiger partial charge on any atom is 0.121 e. The summed E-state index contributed by atoms with van der Waals surface area (Å²) in [5.74, 6) is 0.450. The van der Waals surface area contributed by atoms with Crippen LogP contribution in [0.5, 0.6) is 5.75 Å². The fourth-order valence-electron chi connectivity index (χ4n) is 2.14. The Morgan fingerprint density at radius 3 is 1.63 bits per heavy atom. The first-order chi connectivity index (χ1) is 9.22. The molecule has 0 aliphatic heterocycles. The standard InChI is InChI=1S/C18H24O/c1-4-7-10-15-13-16(11-8-5-2)18(19)17(14-15)12-9-6-3/h4-6,13-14,19H,1-3,7-12H2. The molecule has 0 aliphatic rings. The van der Waals surface area contributed by atoms with Crippen LogP contribution in [0.3, 0.4) is 0 Å². The summed E-state index contributed by atoms with van der Waals surface area (Å²) in [6.07, 6.45) is 11.1.